The van der Waals surface area contributed by atoms with Crippen LogP contribution in [-0.4, -0.2) is 32.0 Å². The minimum atomic E-state index is -0.0232. The molecule has 1 N–H and O–H groups in total. The highest BCUT2D eigenvalue weighted by molar-refractivity contribution is 5.48. The van der Waals surface area contributed by atoms with Crippen molar-refractivity contribution in [1.82, 2.24) is 0 Å². The van der Waals surface area contributed by atoms with E-state index in [4.69, 9.17) is 9.47 Å². The third-order valence-electron chi connectivity index (χ3n) is 4.71. The molecular weight excluding hydrogens is 240 g/mol. The molecule has 0 aliphatic carbocycles. The maximum Gasteiger partial charge on any atom is 0.122 e. The molecular formula is C16H24O3. The lowest BCUT2D eigenvalue weighted by Crippen LogP contribution is -2.53. The van der Waals surface area contributed by atoms with Gasteiger partial charge in [0.1, 0.15) is 5.75 Å². The molecule has 0 bridgehead atoms. The molecule has 0 aromatic heterocycles. The van der Waals surface area contributed by atoms with Crippen LogP contribution in [0.2, 0.25) is 0 Å². The summed E-state index contributed by atoms with van der Waals surface area (Å²) in [6.45, 7) is 7.98. The Bertz CT molecular complexity index is 446. The zero-order valence-corrected chi connectivity index (χ0v) is 12.3. The maximum atomic E-state index is 9.67. The molecule has 2 rings (SSSR count). The molecule has 1 fully saturated rings. The van der Waals surface area contributed by atoms with Gasteiger partial charge in [-0.2, -0.15) is 0 Å². The smallest absolute Gasteiger partial charge is 0.122 e. The van der Waals surface area contributed by atoms with Crippen molar-refractivity contribution >= 4 is 0 Å². The molecule has 19 heavy (non-hydrogen) atoms. The van der Waals surface area contributed by atoms with Gasteiger partial charge >= 0.3 is 0 Å². The van der Waals surface area contributed by atoms with Crippen molar-refractivity contribution in [3.63, 3.8) is 0 Å². The average Bonchev–Trinajstić information content (AvgIpc) is 2.37. The summed E-state index contributed by atoms with van der Waals surface area (Å²) in [6, 6.07) is 4.17. The summed E-state index contributed by atoms with van der Waals surface area (Å²) in [5, 5.41) is 9.67. The van der Waals surface area contributed by atoms with Crippen molar-refractivity contribution in [3.05, 3.63) is 28.8 Å². The van der Waals surface area contributed by atoms with Gasteiger partial charge in [0.2, 0.25) is 0 Å². The van der Waals surface area contributed by atoms with E-state index in [1.807, 2.05) is 6.07 Å². The third kappa shape index (κ3) is 2.15. The molecule has 1 aromatic carbocycles. The number of ether oxygens (including phenoxy) is 2. The summed E-state index contributed by atoms with van der Waals surface area (Å²) in [4.78, 5) is 0. The second-order valence-corrected chi connectivity index (χ2v) is 5.50. The standard InChI is InChI=1S/C16H24O3/c1-5-13(8-17)16(9-19-10-16)14-6-7-15(18-4)12(3)11(14)2/h6-7,13,17H,5,8-10H2,1-4H3. The molecule has 1 atom stereocenters. The summed E-state index contributed by atoms with van der Waals surface area (Å²) < 4.78 is 10.9. The fourth-order valence-corrected chi connectivity index (χ4v) is 3.18. The van der Waals surface area contributed by atoms with Gasteiger partial charge in [0.05, 0.1) is 20.3 Å². The van der Waals surface area contributed by atoms with E-state index in [0.717, 1.165) is 12.2 Å². The Hall–Kier alpha value is -1.06. The summed E-state index contributed by atoms with van der Waals surface area (Å²) >= 11 is 0. The number of hydrogen-bond acceptors (Lipinski definition) is 3. The lowest BCUT2D eigenvalue weighted by Gasteiger charge is -2.48. The van der Waals surface area contributed by atoms with Crippen LogP contribution < -0.4 is 4.74 Å². The molecule has 0 spiro atoms. The van der Waals surface area contributed by atoms with Crippen molar-refractivity contribution in [2.45, 2.75) is 32.6 Å². The van der Waals surface area contributed by atoms with E-state index in [0.29, 0.717) is 13.2 Å². The van der Waals surface area contributed by atoms with Crippen LogP contribution in [0.1, 0.15) is 30.0 Å². The van der Waals surface area contributed by atoms with Crippen LogP contribution in [0, 0.1) is 19.8 Å². The fraction of sp³-hybridized carbons (Fsp3) is 0.625. The Labute approximate surface area is 115 Å². The molecule has 1 unspecified atom stereocenters. The van der Waals surface area contributed by atoms with E-state index in [-0.39, 0.29) is 17.9 Å². The van der Waals surface area contributed by atoms with E-state index < -0.39 is 0 Å². The zero-order chi connectivity index (χ0) is 14.0. The normalized spacial score (nSPS) is 18.8. The minimum absolute atomic E-state index is 0.0232. The molecule has 3 nitrogen and oxygen atoms in total. The quantitative estimate of drug-likeness (QED) is 0.888. The molecule has 1 aliphatic rings. The molecule has 106 valence electrons. The van der Waals surface area contributed by atoms with Crippen LogP contribution in [-0.2, 0) is 10.2 Å². The van der Waals surface area contributed by atoms with Gasteiger partial charge in [-0.1, -0.05) is 19.4 Å². The average molecular weight is 264 g/mol. The minimum Gasteiger partial charge on any atom is -0.496 e. The van der Waals surface area contributed by atoms with Crippen molar-refractivity contribution in [1.29, 1.82) is 0 Å². The lowest BCUT2D eigenvalue weighted by molar-refractivity contribution is -0.101. The topological polar surface area (TPSA) is 38.7 Å². The summed E-state index contributed by atoms with van der Waals surface area (Å²) in [5.74, 6) is 1.18. The molecule has 0 radical (unpaired) electrons. The molecule has 1 aliphatic heterocycles. The molecule has 1 aromatic rings. The van der Waals surface area contributed by atoms with Gasteiger partial charge in [-0.3, -0.25) is 0 Å². The molecule has 1 heterocycles. The Morgan fingerprint density at radius 2 is 2.00 bits per heavy atom. The second-order valence-electron chi connectivity index (χ2n) is 5.50. The van der Waals surface area contributed by atoms with E-state index in [2.05, 4.69) is 26.8 Å². The highest BCUT2D eigenvalue weighted by Gasteiger charge is 2.47. The van der Waals surface area contributed by atoms with Gasteiger partial charge < -0.3 is 14.6 Å². The van der Waals surface area contributed by atoms with Gasteiger partial charge in [-0.25, -0.2) is 0 Å². The first-order valence-electron chi connectivity index (χ1n) is 6.94. The summed E-state index contributed by atoms with van der Waals surface area (Å²) in [6.07, 6.45) is 0.963. The van der Waals surface area contributed by atoms with Crippen LogP contribution in [0.5, 0.6) is 5.75 Å². The number of methoxy groups -OCH3 is 1. The van der Waals surface area contributed by atoms with Crippen LogP contribution in [0.3, 0.4) is 0 Å². The predicted molar refractivity (Wildman–Crippen MR) is 75.8 cm³/mol. The van der Waals surface area contributed by atoms with Crippen LogP contribution >= 0.6 is 0 Å². The Morgan fingerprint density at radius 1 is 1.32 bits per heavy atom. The van der Waals surface area contributed by atoms with Crippen molar-refractivity contribution in [2.75, 3.05) is 26.9 Å². The van der Waals surface area contributed by atoms with E-state index in [9.17, 15) is 5.11 Å². The number of hydrogen-bond donors (Lipinski definition) is 1. The van der Waals surface area contributed by atoms with E-state index in [1.165, 1.54) is 16.7 Å². The monoisotopic (exact) mass is 264 g/mol. The van der Waals surface area contributed by atoms with Gasteiger partial charge in [0, 0.05) is 12.0 Å². The fourth-order valence-electron chi connectivity index (χ4n) is 3.18. The van der Waals surface area contributed by atoms with Crippen LogP contribution in [0.15, 0.2) is 12.1 Å². The Balaban J connectivity index is 2.47. The largest absolute Gasteiger partial charge is 0.496 e. The highest BCUT2D eigenvalue weighted by Crippen LogP contribution is 2.44. The second kappa shape index (κ2) is 5.51. The molecule has 3 heteroatoms. The van der Waals surface area contributed by atoms with Crippen molar-refractivity contribution in [2.24, 2.45) is 5.92 Å². The maximum absolute atomic E-state index is 9.67. The van der Waals surface area contributed by atoms with Crippen molar-refractivity contribution in [3.8, 4) is 5.75 Å². The number of aliphatic hydroxyl groups is 1. The third-order valence-corrected chi connectivity index (χ3v) is 4.71. The Morgan fingerprint density at radius 3 is 2.42 bits per heavy atom. The summed E-state index contributed by atoms with van der Waals surface area (Å²) in [5.41, 5.74) is 3.72. The highest BCUT2D eigenvalue weighted by atomic mass is 16.5. The van der Waals surface area contributed by atoms with Crippen LogP contribution in [0.25, 0.3) is 0 Å². The number of rotatable bonds is 5. The first-order valence-corrected chi connectivity index (χ1v) is 6.94. The Kier molecular flexibility index (Phi) is 4.16. The summed E-state index contributed by atoms with van der Waals surface area (Å²) in [7, 11) is 1.70. The van der Waals surface area contributed by atoms with Gasteiger partial charge in [-0.15, -0.1) is 0 Å². The molecule has 0 amide bonds. The lowest BCUT2D eigenvalue weighted by atomic mass is 9.66. The van der Waals surface area contributed by atoms with Gasteiger partial charge in [0.25, 0.3) is 0 Å². The van der Waals surface area contributed by atoms with Crippen LogP contribution in [0.4, 0.5) is 0 Å². The first-order chi connectivity index (χ1) is 9.10. The number of benzene rings is 1. The van der Waals surface area contributed by atoms with E-state index in [1.54, 1.807) is 7.11 Å². The van der Waals surface area contributed by atoms with Gasteiger partial charge in [-0.05, 0) is 42.5 Å². The predicted octanol–water partition coefficient (Wildman–Crippen LogP) is 2.60. The van der Waals surface area contributed by atoms with E-state index >= 15 is 0 Å². The molecule has 0 saturated carbocycles. The molecule has 1 saturated heterocycles. The SMILES string of the molecule is CCC(CO)C1(c2ccc(OC)c(C)c2C)COC1. The zero-order valence-electron chi connectivity index (χ0n) is 12.3. The number of aliphatic hydroxyl groups excluding tert-OH is 1. The van der Waals surface area contributed by atoms with Crippen molar-refractivity contribution < 1.29 is 14.6 Å². The first kappa shape index (κ1) is 14.4. The van der Waals surface area contributed by atoms with Gasteiger partial charge in [0.15, 0.2) is 0 Å².